The van der Waals surface area contributed by atoms with E-state index in [2.05, 4.69) is 5.32 Å². The zero-order chi connectivity index (χ0) is 18.5. The van der Waals surface area contributed by atoms with Gasteiger partial charge in [-0.2, -0.15) is 0 Å². The zero-order valence-corrected chi connectivity index (χ0v) is 15.1. The lowest BCUT2D eigenvalue weighted by atomic mass is 10.1. The quantitative estimate of drug-likeness (QED) is 0.834. The average Bonchev–Trinajstić information content (AvgIpc) is 3.12. The molecule has 2 fully saturated rings. The van der Waals surface area contributed by atoms with Gasteiger partial charge in [0.05, 0.1) is 6.10 Å². The number of urea groups is 1. The lowest BCUT2D eigenvalue weighted by Gasteiger charge is -2.30. The second-order valence-electron chi connectivity index (χ2n) is 6.80. The van der Waals surface area contributed by atoms with Crippen molar-refractivity contribution in [1.82, 2.24) is 15.1 Å². The van der Waals surface area contributed by atoms with E-state index in [1.807, 2.05) is 31.2 Å². The van der Waals surface area contributed by atoms with Crippen LogP contribution < -0.4 is 5.32 Å². The number of nitrogens with one attached hydrogen (secondary N) is 1. The first-order chi connectivity index (χ1) is 12.5. The number of benzene rings is 1. The first-order valence-electron chi connectivity index (χ1n) is 9.06. The summed E-state index contributed by atoms with van der Waals surface area (Å²) in [5.74, 6) is -0.552. The molecule has 7 nitrogen and oxygen atoms in total. The van der Waals surface area contributed by atoms with Gasteiger partial charge in [0.25, 0.3) is 0 Å². The molecule has 2 saturated heterocycles. The Bertz CT molecular complexity index is 669. The molecule has 0 aliphatic carbocycles. The summed E-state index contributed by atoms with van der Waals surface area (Å²) in [6.07, 6.45) is 2.14. The molecule has 2 aliphatic heterocycles. The summed E-state index contributed by atoms with van der Waals surface area (Å²) in [4.78, 5) is 39.5. The molecule has 3 rings (SSSR count). The van der Waals surface area contributed by atoms with E-state index >= 15 is 0 Å². The molecule has 0 saturated carbocycles. The summed E-state index contributed by atoms with van der Waals surface area (Å²) in [5, 5.41) is 2.61. The summed E-state index contributed by atoms with van der Waals surface area (Å²) < 4.78 is 5.68. The van der Waals surface area contributed by atoms with Crippen LogP contribution in [0.3, 0.4) is 0 Å². The van der Waals surface area contributed by atoms with E-state index in [0.29, 0.717) is 26.2 Å². The minimum absolute atomic E-state index is 0.00820. The van der Waals surface area contributed by atoms with E-state index in [0.717, 1.165) is 28.9 Å². The lowest BCUT2D eigenvalue weighted by Crippen LogP contribution is -2.54. The number of carbonyl (C=O) groups is 3. The van der Waals surface area contributed by atoms with Gasteiger partial charge in [-0.25, -0.2) is 4.79 Å². The molecule has 2 heterocycles. The predicted molar refractivity (Wildman–Crippen MR) is 95.3 cm³/mol. The van der Waals surface area contributed by atoms with Gasteiger partial charge in [0.2, 0.25) is 11.8 Å². The number of nitrogens with zero attached hydrogens (tertiary/aromatic N) is 2. The Morgan fingerprint density at radius 3 is 2.85 bits per heavy atom. The Balaban J connectivity index is 1.72. The molecule has 0 aromatic heterocycles. The second-order valence-corrected chi connectivity index (χ2v) is 6.80. The van der Waals surface area contributed by atoms with E-state index in [9.17, 15) is 14.4 Å². The standard InChI is InChI=1S/C19H25N3O4/c1-14-5-2-3-6-15(14)11-21(12-16-7-4-10-26-16)18(24)13-22-17(23)8-9-20-19(22)25/h2-3,5-6,16H,4,7-13H2,1H3,(H,20,25)/t16-/m1/s1. The molecule has 0 spiro atoms. The van der Waals surface area contributed by atoms with Gasteiger partial charge in [-0.3, -0.25) is 14.5 Å². The van der Waals surface area contributed by atoms with Crippen molar-refractivity contribution in [3.8, 4) is 0 Å². The molecule has 2 aliphatic rings. The van der Waals surface area contributed by atoms with Crippen LogP contribution in [0.15, 0.2) is 24.3 Å². The number of imide groups is 1. The predicted octanol–water partition coefficient (Wildman–Crippen LogP) is 1.44. The zero-order valence-electron chi connectivity index (χ0n) is 15.1. The van der Waals surface area contributed by atoms with Crippen LogP contribution in [0.4, 0.5) is 4.79 Å². The monoisotopic (exact) mass is 359 g/mol. The number of hydrogen-bond donors (Lipinski definition) is 1. The normalized spacial score (nSPS) is 20.2. The van der Waals surface area contributed by atoms with Crippen LogP contribution in [0.1, 0.15) is 30.4 Å². The van der Waals surface area contributed by atoms with Gasteiger partial charge < -0.3 is 15.0 Å². The Hall–Kier alpha value is -2.41. The third-order valence-corrected chi connectivity index (χ3v) is 4.88. The van der Waals surface area contributed by atoms with Crippen LogP contribution in [0, 0.1) is 6.92 Å². The van der Waals surface area contributed by atoms with E-state index in [4.69, 9.17) is 4.74 Å². The number of rotatable bonds is 6. The molecule has 1 N–H and O–H groups in total. The van der Waals surface area contributed by atoms with Crippen molar-refractivity contribution in [2.75, 3.05) is 26.2 Å². The van der Waals surface area contributed by atoms with Gasteiger partial charge in [-0.15, -0.1) is 0 Å². The van der Waals surface area contributed by atoms with E-state index < -0.39 is 6.03 Å². The number of amides is 4. The van der Waals surface area contributed by atoms with Gasteiger partial charge in [-0.05, 0) is 30.9 Å². The maximum absolute atomic E-state index is 12.9. The van der Waals surface area contributed by atoms with Crippen LogP contribution >= 0.6 is 0 Å². The summed E-state index contributed by atoms with van der Waals surface area (Å²) in [5.41, 5.74) is 2.15. The van der Waals surface area contributed by atoms with Crippen LogP contribution in [0.2, 0.25) is 0 Å². The number of hydrogen-bond acceptors (Lipinski definition) is 4. The van der Waals surface area contributed by atoms with Gasteiger partial charge >= 0.3 is 6.03 Å². The minimum atomic E-state index is -0.498. The van der Waals surface area contributed by atoms with E-state index in [1.165, 1.54) is 0 Å². The van der Waals surface area contributed by atoms with E-state index in [-0.39, 0.29) is 30.9 Å². The molecule has 0 radical (unpaired) electrons. The van der Waals surface area contributed by atoms with Gasteiger partial charge in [0.1, 0.15) is 6.54 Å². The Morgan fingerprint density at radius 2 is 2.15 bits per heavy atom. The molecule has 0 unspecified atom stereocenters. The smallest absolute Gasteiger partial charge is 0.324 e. The topological polar surface area (TPSA) is 79.0 Å². The fourth-order valence-corrected chi connectivity index (χ4v) is 3.30. The lowest BCUT2D eigenvalue weighted by molar-refractivity contribution is -0.140. The molecule has 0 bridgehead atoms. The summed E-state index contributed by atoms with van der Waals surface area (Å²) in [6, 6.07) is 7.40. The third-order valence-electron chi connectivity index (χ3n) is 4.88. The second kappa shape index (κ2) is 8.31. The SMILES string of the molecule is Cc1ccccc1CN(C[C@H]1CCCO1)C(=O)CN1C(=O)CCNC1=O. The average molecular weight is 359 g/mol. The fourth-order valence-electron chi connectivity index (χ4n) is 3.30. The maximum atomic E-state index is 12.9. The van der Waals surface area contributed by atoms with E-state index in [1.54, 1.807) is 4.90 Å². The Kier molecular flexibility index (Phi) is 5.88. The molecule has 140 valence electrons. The molecule has 1 aromatic carbocycles. The van der Waals surface area contributed by atoms with Crippen molar-refractivity contribution < 1.29 is 19.1 Å². The van der Waals surface area contributed by atoms with Crippen molar-refractivity contribution in [1.29, 1.82) is 0 Å². The van der Waals surface area contributed by atoms with Gasteiger partial charge in [-0.1, -0.05) is 24.3 Å². The van der Waals surface area contributed by atoms with Crippen molar-refractivity contribution in [2.45, 2.75) is 38.8 Å². The van der Waals surface area contributed by atoms with Crippen LogP contribution in [0.25, 0.3) is 0 Å². The van der Waals surface area contributed by atoms with Crippen LogP contribution in [-0.4, -0.2) is 60.0 Å². The fraction of sp³-hybridized carbons (Fsp3) is 0.526. The highest BCUT2D eigenvalue weighted by molar-refractivity contribution is 6.00. The molecule has 26 heavy (non-hydrogen) atoms. The molecule has 4 amide bonds. The van der Waals surface area contributed by atoms with Crippen molar-refractivity contribution in [3.63, 3.8) is 0 Å². The van der Waals surface area contributed by atoms with Crippen molar-refractivity contribution >= 4 is 17.8 Å². The summed E-state index contributed by atoms with van der Waals surface area (Å²) >= 11 is 0. The highest BCUT2D eigenvalue weighted by atomic mass is 16.5. The van der Waals surface area contributed by atoms with Gasteiger partial charge in [0, 0.05) is 32.7 Å². The first kappa shape index (κ1) is 18.4. The van der Waals surface area contributed by atoms with Crippen LogP contribution in [-0.2, 0) is 20.9 Å². The van der Waals surface area contributed by atoms with Crippen molar-refractivity contribution in [2.24, 2.45) is 0 Å². The molecular weight excluding hydrogens is 334 g/mol. The number of aryl methyl sites for hydroxylation is 1. The summed E-state index contributed by atoms with van der Waals surface area (Å²) in [6.45, 7) is 3.72. The van der Waals surface area contributed by atoms with Gasteiger partial charge in [0.15, 0.2) is 0 Å². The minimum Gasteiger partial charge on any atom is -0.376 e. The Labute approximate surface area is 153 Å². The number of carbonyl (C=O) groups excluding carboxylic acids is 3. The molecule has 1 atom stereocenters. The maximum Gasteiger partial charge on any atom is 0.324 e. The third kappa shape index (κ3) is 4.40. The number of ether oxygens (including phenoxy) is 1. The van der Waals surface area contributed by atoms with Crippen molar-refractivity contribution in [3.05, 3.63) is 35.4 Å². The highest BCUT2D eigenvalue weighted by Gasteiger charge is 2.30. The van der Waals surface area contributed by atoms with Crippen LogP contribution in [0.5, 0.6) is 0 Å². The largest absolute Gasteiger partial charge is 0.376 e. The summed E-state index contributed by atoms with van der Waals surface area (Å²) in [7, 11) is 0. The molecule has 1 aromatic rings. The Morgan fingerprint density at radius 1 is 1.35 bits per heavy atom. The molecular formula is C19H25N3O4. The first-order valence-corrected chi connectivity index (χ1v) is 9.06. The highest BCUT2D eigenvalue weighted by Crippen LogP contribution is 2.17. The molecule has 7 heteroatoms.